The highest BCUT2D eigenvalue weighted by atomic mass is 14.8. The number of hydrogen-bond donors (Lipinski definition) is 0. The van der Waals surface area contributed by atoms with Crippen molar-refractivity contribution in [1.82, 2.24) is 15.0 Å². The summed E-state index contributed by atoms with van der Waals surface area (Å²) in [6, 6.07) is 42.2. The third-order valence-electron chi connectivity index (χ3n) is 6.96. The van der Waals surface area contributed by atoms with Crippen molar-refractivity contribution >= 4 is 21.8 Å². The summed E-state index contributed by atoms with van der Waals surface area (Å²) >= 11 is 0. The number of hydrogen-bond acceptors (Lipinski definition) is 3. The smallest absolute Gasteiger partial charge is 0.0972 e. The Morgan fingerprint density at radius 2 is 1.08 bits per heavy atom. The fraction of sp³-hybridized carbons (Fsp3) is 0. The van der Waals surface area contributed by atoms with Gasteiger partial charge in [0.1, 0.15) is 0 Å². The van der Waals surface area contributed by atoms with Gasteiger partial charge >= 0.3 is 0 Å². The van der Waals surface area contributed by atoms with E-state index in [1.807, 2.05) is 30.6 Å². The van der Waals surface area contributed by atoms with Gasteiger partial charge in [0, 0.05) is 46.1 Å². The standard InChI is InChI=1S/C35H23N3/c1-3-9-24(10-4-1)26-13-7-14-27(19-26)32-21-29-17-16-28-20-31(25-11-5-2-6-12-25)23-37-34(28)35(29)38-33(32)30-15-8-18-36-22-30/h1-23H. The number of pyridine rings is 3. The van der Waals surface area contributed by atoms with Gasteiger partial charge in [0.05, 0.1) is 16.7 Å². The van der Waals surface area contributed by atoms with Gasteiger partial charge in [-0.1, -0.05) is 91.0 Å². The molecule has 3 nitrogen and oxygen atoms in total. The summed E-state index contributed by atoms with van der Waals surface area (Å²) in [4.78, 5) is 14.5. The molecule has 0 aliphatic rings. The molecule has 7 rings (SSSR count). The van der Waals surface area contributed by atoms with Gasteiger partial charge in [0.25, 0.3) is 0 Å². The summed E-state index contributed by atoms with van der Waals surface area (Å²) in [6.45, 7) is 0. The van der Waals surface area contributed by atoms with Crippen molar-refractivity contribution in [2.45, 2.75) is 0 Å². The average Bonchev–Trinajstić information content (AvgIpc) is 3.01. The van der Waals surface area contributed by atoms with E-state index in [1.165, 1.54) is 11.1 Å². The van der Waals surface area contributed by atoms with Gasteiger partial charge in [-0.3, -0.25) is 9.97 Å². The van der Waals surface area contributed by atoms with Gasteiger partial charge in [-0.05, 0) is 52.6 Å². The highest BCUT2D eigenvalue weighted by Crippen LogP contribution is 2.37. The molecule has 7 aromatic rings. The molecule has 0 radical (unpaired) electrons. The van der Waals surface area contributed by atoms with Crippen molar-refractivity contribution in [2.75, 3.05) is 0 Å². The first-order valence-electron chi connectivity index (χ1n) is 12.7. The van der Waals surface area contributed by atoms with Crippen LogP contribution < -0.4 is 0 Å². The molecule has 178 valence electrons. The number of rotatable bonds is 4. The summed E-state index contributed by atoms with van der Waals surface area (Å²) in [6.07, 6.45) is 5.62. The lowest BCUT2D eigenvalue weighted by Gasteiger charge is -2.14. The fourth-order valence-corrected chi connectivity index (χ4v) is 5.06. The Kier molecular flexibility index (Phi) is 5.45. The fourth-order valence-electron chi connectivity index (χ4n) is 5.06. The molecule has 0 aliphatic carbocycles. The van der Waals surface area contributed by atoms with Crippen LogP contribution in [0.4, 0.5) is 0 Å². The van der Waals surface area contributed by atoms with E-state index in [1.54, 1.807) is 6.20 Å². The van der Waals surface area contributed by atoms with Crippen molar-refractivity contribution in [2.24, 2.45) is 0 Å². The van der Waals surface area contributed by atoms with E-state index >= 15 is 0 Å². The maximum absolute atomic E-state index is 5.25. The van der Waals surface area contributed by atoms with E-state index in [0.717, 1.165) is 55.3 Å². The summed E-state index contributed by atoms with van der Waals surface area (Å²) in [5.74, 6) is 0. The van der Waals surface area contributed by atoms with Crippen LogP contribution in [0.15, 0.2) is 140 Å². The second-order valence-electron chi connectivity index (χ2n) is 9.37. The molecule has 0 N–H and O–H groups in total. The third kappa shape index (κ3) is 4.00. The maximum Gasteiger partial charge on any atom is 0.0972 e. The van der Waals surface area contributed by atoms with Crippen LogP contribution >= 0.6 is 0 Å². The van der Waals surface area contributed by atoms with Crippen molar-refractivity contribution < 1.29 is 0 Å². The normalized spacial score (nSPS) is 11.2. The van der Waals surface area contributed by atoms with Gasteiger partial charge in [0.2, 0.25) is 0 Å². The molecule has 3 heteroatoms. The highest BCUT2D eigenvalue weighted by Gasteiger charge is 2.15. The number of nitrogens with zero attached hydrogens (tertiary/aromatic N) is 3. The Labute approximate surface area is 221 Å². The Balaban J connectivity index is 1.44. The lowest BCUT2D eigenvalue weighted by Crippen LogP contribution is -1.94. The largest absolute Gasteiger partial charge is 0.264 e. The van der Waals surface area contributed by atoms with Crippen molar-refractivity contribution in [3.63, 3.8) is 0 Å². The first-order chi connectivity index (χ1) is 18.8. The predicted molar refractivity (Wildman–Crippen MR) is 157 cm³/mol. The van der Waals surface area contributed by atoms with E-state index < -0.39 is 0 Å². The zero-order chi connectivity index (χ0) is 25.3. The molecular formula is C35H23N3. The topological polar surface area (TPSA) is 38.7 Å². The first kappa shape index (κ1) is 22.1. The molecule has 0 atom stereocenters. The summed E-state index contributed by atoms with van der Waals surface area (Å²) in [5, 5.41) is 2.13. The molecule has 3 aromatic heterocycles. The molecular weight excluding hydrogens is 462 g/mol. The van der Waals surface area contributed by atoms with E-state index in [-0.39, 0.29) is 0 Å². The van der Waals surface area contributed by atoms with E-state index in [9.17, 15) is 0 Å². The lowest BCUT2D eigenvalue weighted by atomic mass is 9.94. The number of benzene rings is 4. The zero-order valence-electron chi connectivity index (χ0n) is 20.6. The molecule has 0 amide bonds. The van der Waals surface area contributed by atoms with Gasteiger partial charge in [-0.15, -0.1) is 0 Å². The molecule has 0 spiro atoms. The summed E-state index contributed by atoms with van der Waals surface area (Å²) in [7, 11) is 0. The molecule has 0 unspecified atom stereocenters. The SMILES string of the molecule is c1ccc(-c2cccc(-c3cc4ccc5cc(-c6ccccc6)cnc5c4nc3-c3cccnc3)c2)cc1. The molecule has 0 bridgehead atoms. The second kappa shape index (κ2) is 9.38. The first-order valence-corrected chi connectivity index (χ1v) is 12.7. The quantitative estimate of drug-likeness (QED) is 0.234. The predicted octanol–water partition coefficient (Wildman–Crippen LogP) is 8.85. The molecule has 0 fully saturated rings. The maximum atomic E-state index is 5.25. The average molecular weight is 486 g/mol. The van der Waals surface area contributed by atoms with Crippen LogP contribution in [0.2, 0.25) is 0 Å². The minimum atomic E-state index is 0.893. The Hall–Kier alpha value is -5.15. The van der Waals surface area contributed by atoms with Crippen LogP contribution in [0.1, 0.15) is 0 Å². The van der Waals surface area contributed by atoms with Crippen LogP contribution in [0.5, 0.6) is 0 Å². The third-order valence-corrected chi connectivity index (χ3v) is 6.96. The lowest BCUT2D eigenvalue weighted by molar-refractivity contribution is 1.30. The zero-order valence-corrected chi connectivity index (χ0v) is 20.6. The number of fused-ring (bicyclic) bond motifs is 3. The minimum Gasteiger partial charge on any atom is -0.264 e. The molecule has 38 heavy (non-hydrogen) atoms. The van der Waals surface area contributed by atoms with Crippen LogP contribution in [0.3, 0.4) is 0 Å². The summed E-state index contributed by atoms with van der Waals surface area (Å²) in [5.41, 5.74) is 10.5. The minimum absolute atomic E-state index is 0.893. The Morgan fingerprint density at radius 3 is 1.82 bits per heavy atom. The van der Waals surface area contributed by atoms with Gasteiger partial charge in [-0.25, -0.2) is 4.98 Å². The van der Waals surface area contributed by atoms with Crippen LogP contribution in [0.25, 0.3) is 66.4 Å². The number of aromatic nitrogens is 3. The van der Waals surface area contributed by atoms with Crippen LogP contribution in [0, 0.1) is 0 Å². The Bertz CT molecular complexity index is 1900. The van der Waals surface area contributed by atoms with E-state index in [0.29, 0.717) is 0 Å². The second-order valence-corrected chi connectivity index (χ2v) is 9.37. The van der Waals surface area contributed by atoms with Crippen molar-refractivity contribution in [3.8, 4) is 44.6 Å². The molecule has 3 heterocycles. The molecule has 0 saturated carbocycles. The van der Waals surface area contributed by atoms with Crippen molar-refractivity contribution in [1.29, 1.82) is 0 Å². The highest BCUT2D eigenvalue weighted by molar-refractivity contribution is 6.06. The van der Waals surface area contributed by atoms with E-state index in [2.05, 4.69) is 108 Å². The monoisotopic (exact) mass is 485 g/mol. The van der Waals surface area contributed by atoms with Gasteiger partial charge in [0.15, 0.2) is 0 Å². The van der Waals surface area contributed by atoms with Gasteiger partial charge in [-0.2, -0.15) is 0 Å². The van der Waals surface area contributed by atoms with Crippen LogP contribution in [-0.4, -0.2) is 15.0 Å². The Morgan fingerprint density at radius 1 is 0.421 bits per heavy atom. The van der Waals surface area contributed by atoms with Crippen molar-refractivity contribution in [3.05, 3.63) is 140 Å². The summed E-state index contributed by atoms with van der Waals surface area (Å²) < 4.78 is 0. The van der Waals surface area contributed by atoms with E-state index in [4.69, 9.17) is 9.97 Å². The van der Waals surface area contributed by atoms with Crippen LogP contribution in [-0.2, 0) is 0 Å². The molecule has 0 saturated heterocycles. The molecule has 0 aliphatic heterocycles. The molecule has 4 aromatic carbocycles. The van der Waals surface area contributed by atoms with Gasteiger partial charge < -0.3 is 0 Å².